The Bertz CT molecular complexity index is 1990. The molecule has 0 amide bonds. The fourth-order valence-corrected chi connectivity index (χ4v) is 10.3. The van der Waals surface area contributed by atoms with E-state index in [0.29, 0.717) is 23.8 Å². The number of rotatable bonds is 3. The van der Waals surface area contributed by atoms with Gasteiger partial charge >= 0.3 is 0 Å². The fraction of sp³-hybridized carbons (Fsp3) is 0.425. The molecule has 0 saturated heterocycles. The van der Waals surface area contributed by atoms with E-state index >= 15 is 0 Å². The van der Waals surface area contributed by atoms with Gasteiger partial charge in [-0.1, -0.05) is 89.3 Å². The van der Waals surface area contributed by atoms with Gasteiger partial charge < -0.3 is 9.15 Å². The van der Waals surface area contributed by atoms with E-state index in [-0.39, 0.29) is 11.0 Å². The Kier molecular flexibility index (Phi) is 5.20. The van der Waals surface area contributed by atoms with Crippen LogP contribution in [0.5, 0.6) is 0 Å². The lowest BCUT2D eigenvalue weighted by Crippen LogP contribution is -2.44. The van der Waals surface area contributed by atoms with Crippen molar-refractivity contribution in [3.05, 3.63) is 88.5 Å². The molecule has 3 aliphatic carbocycles. The summed E-state index contributed by atoms with van der Waals surface area (Å²) < 4.78 is 16.2. The highest BCUT2D eigenvalue weighted by Crippen LogP contribution is 2.71. The number of methoxy groups -OCH3 is 1. The second kappa shape index (κ2) is 8.60. The minimum Gasteiger partial charge on any atom is -0.456 e. The second-order valence-corrected chi connectivity index (χ2v) is 14.6. The van der Waals surface area contributed by atoms with Crippen molar-refractivity contribution < 1.29 is 13.7 Å². The molecule has 2 saturated carbocycles. The van der Waals surface area contributed by atoms with Gasteiger partial charge in [0.05, 0.1) is 11.5 Å². The summed E-state index contributed by atoms with van der Waals surface area (Å²) in [5.41, 5.74) is 12.8. The van der Waals surface area contributed by atoms with Crippen molar-refractivity contribution in [3.8, 4) is 22.6 Å². The fourth-order valence-electron chi connectivity index (χ4n) is 10.3. The van der Waals surface area contributed by atoms with Gasteiger partial charge in [-0.05, 0) is 60.1 Å². The SMILES string of the molecule is COC1(C(C)C2CCCCC2)C2c3ccc4c(c3-c3ccc5c(C)cc(C)cc5[n+]3C21)C(C)(C)c1c-4oc2ccccc12. The standard InChI is InChI=1S/C40H42NO2/c1-22-20-23(2)26-18-19-30-33-28(16-17-29-34(33)39(4,5)35-27-14-10-11-15-32(27)43-37(29)35)36-38(41(30)31(26)21-22)40(36,42-6)24(3)25-12-8-7-9-13-25/h10-11,14-21,24-25,36,38H,7-9,12-13H2,1-6H3/q+1. The third-order valence-electron chi connectivity index (χ3n) is 12.2. The molecule has 43 heavy (non-hydrogen) atoms. The van der Waals surface area contributed by atoms with Crippen molar-refractivity contribution in [1.82, 2.24) is 0 Å². The third kappa shape index (κ3) is 3.12. The van der Waals surface area contributed by atoms with Crippen LogP contribution in [0.1, 0.15) is 92.7 Å². The Morgan fingerprint density at radius 2 is 1.70 bits per heavy atom. The number of ether oxygens (including phenoxy) is 1. The first-order valence-electron chi connectivity index (χ1n) is 16.5. The normalized spacial score (nSPS) is 25.6. The summed E-state index contributed by atoms with van der Waals surface area (Å²) in [7, 11) is 2.00. The maximum Gasteiger partial charge on any atom is 0.213 e. The molecule has 2 aromatic heterocycles. The van der Waals surface area contributed by atoms with Gasteiger partial charge in [0.2, 0.25) is 11.2 Å². The van der Waals surface area contributed by atoms with Crippen molar-refractivity contribution in [2.45, 2.75) is 89.7 Å². The van der Waals surface area contributed by atoms with Crippen LogP contribution in [0.3, 0.4) is 0 Å². The van der Waals surface area contributed by atoms with E-state index in [0.717, 1.165) is 11.3 Å². The second-order valence-electron chi connectivity index (χ2n) is 14.6. The highest BCUT2D eigenvalue weighted by atomic mass is 16.5. The summed E-state index contributed by atoms with van der Waals surface area (Å²) in [6, 6.07) is 23.2. The Balaban J connectivity index is 1.36. The van der Waals surface area contributed by atoms with Crippen LogP contribution in [0.2, 0.25) is 0 Å². The summed E-state index contributed by atoms with van der Waals surface area (Å²) in [6.45, 7) is 11.8. The Morgan fingerprint density at radius 1 is 0.907 bits per heavy atom. The molecule has 0 spiro atoms. The molecule has 3 nitrogen and oxygen atoms in total. The molecule has 3 heteroatoms. The zero-order valence-corrected chi connectivity index (χ0v) is 26.4. The number of benzene rings is 3. The number of para-hydroxylation sites is 1. The summed E-state index contributed by atoms with van der Waals surface area (Å²) in [5, 5.41) is 2.59. The Hall–Kier alpha value is -3.43. The number of hydrogen-bond acceptors (Lipinski definition) is 2. The molecule has 0 radical (unpaired) electrons. The van der Waals surface area contributed by atoms with Crippen molar-refractivity contribution in [2.75, 3.05) is 7.11 Å². The highest BCUT2D eigenvalue weighted by molar-refractivity contribution is 5.97. The van der Waals surface area contributed by atoms with Crippen molar-refractivity contribution >= 4 is 21.9 Å². The number of furan rings is 1. The third-order valence-corrected chi connectivity index (χ3v) is 12.2. The lowest BCUT2D eigenvalue weighted by molar-refractivity contribution is -0.674. The van der Waals surface area contributed by atoms with E-state index in [1.165, 1.54) is 93.0 Å². The van der Waals surface area contributed by atoms with Crippen LogP contribution in [0.25, 0.3) is 44.5 Å². The van der Waals surface area contributed by atoms with E-state index < -0.39 is 0 Å². The lowest BCUT2D eigenvalue weighted by atomic mass is 9.75. The van der Waals surface area contributed by atoms with Crippen LogP contribution < -0.4 is 4.57 Å². The molecule has 218 valence electrons. The van der Waals surface area contributed by atoms with Crippen LogP contribution in [0, 0.1) is 25.7 Å². The van der Waals surface area contributed by atoms with Gasteiger partial charge in [-0.2, -0.15) is 4.57 Å². The zero-order valence-electron chi connectivity index (χ0n) is 26.4. The quantitative estimate of drug-likeness (QED) is 0.203. The minimum atomic E-state index is -0.213. The molecule has 3 aromatic carbocycles. The largest absolute Gasteiger partial charge is 0.456 e. The zero-order chi connectivity index (χ0) is 29.4. The topological polar surface area (TPSA) is 26.2 Å². The predicted octanol–water partition coefficient (Wildman–Crippen LogP) is 9.72. The van der Waals surface area contributed by atoms with Gasteiger partial charge in [-0.15, -0.1) is 0 Å². The molecule has 2 fully saturated rings. The summed E-state index contributed by atoms with van der Waals surface area (Å²) in [5.74, 6) is 2.58. The maximum atomic E-state index is 6.87. The van der Waals surface area contributed by atoms with Gasteiger partial charge in [-0.3, -0.25) is 0 Å². The average Bonchev–Trinajstić information content (AvgIpc) is 3.44. The number of hydrogen-bond donors (Lipinski definition) is 0. The summed E-state index contributed by atoms with van der Waals surface area (Å²) in [6.07, 6.45) is 6.74. The minimum absolute atomic E-state index is 0.190. The first-order chi connectivity index (χ1) is 20.8. The van der Waals surface area contributed by atoms with Crippen molar-refractivity contribution in [2.24, 2.45) is 11.8 Å². The highest BCUT2D eigenvalue weighted by Gasteiger charge is 2.79. The van der Waals surface area contributed by atoms with E-state index in [1.807, 2.05) is 7.11 Å². The molecular formula is C40H42NO2+. The number of nitrogens with zero attached hydrogens (tertiary/aromatic N) is 1. The van der Waals surface area contributed by atoms with E-state index in [4.69, 9.17) is 9.15 Å². The van der Waals surface area contributed by atoms with E-state index in [9.17, 15) is 0 Å². The van der Waals surface area contributed by atoms with Crippen LogP contribution in [0.4, 0.5) is 0 Å². The Morgan fingerprint density at radius 3 is 2.49 bits per heavy atom. The van der Waals surface area contributed by atoms with Gasteiger partial charge in [0, 0.05) is 46.6 Å². The van der Waals surface area contributed by atoms with E-state index in [2.05, 4.69) is 99.8 Å². The molecule has 5 aromatic rings. The molecular weight excluding hydrogens is 526 g/mol. The molecule has 4 atom stereocenters. The number of fused-ring (bicyclic) bond motifs is 14. The smallest absolute Gasteiger partial charge is 0.213 e. The van der Waals surface area contributed by atoms with Crippen LogP contribution in [0.15, 0.2) is 65.1 Å². The molecule has 1 aliphatic heterocycles. The average molecular weight is 569 g/mol. The number of pyridine rings is 1. The number of aromatic nitrogens is 1. The molecule has 9 rings (SSSR count). The lowest BCUT2D eigenvalue weighted by Gasteiger charge is -2.33. The summed E-state index contributed by atoms with van der Waals surface area (Å²) >= 11 is 0. The van der Waals surface area contributed by atoms with Crippen molar-refractivity contribution in [3.63, 3.8) is 0 Å². The molecule has 4 aliphatic rings. The van der Waals surface area contributed by atoms with Gasteiger partial charge in [0.15, 0.2) is 6.04 Å². The van der Waals surface area contributed by atoms with Gasteiger partial charge in [-0.25, -0.2) is 0 Å². The summed E-state index contributed by atoms with van der Waals surface area (Å²) in [4.78, 5) is 0. The molecule has 0 N–H and O–H groups in total. The first kappa shape index (κ1) is 26.0. The van der Waals surface area contributed by atoms with Gasteiger partial charge in [0.25, 0.3) is 0 Å². The predicted molar refractivity (Wildman–Crippen MR) is 174 cm³/mol. The van der Waals surface area contributed by atoms with Gasteiger partial charge in [0.1, 0.15) is 16.9 Å². The van der Waals surface area contributed by atoms with E-state index in [1.54, 1.807) is 0 Å². The first-order valence-corrected chi connectivity index (χ1v) is 16.5. The monoisotopic (exact) mass is 568 g/mol. The van der Waals surface area contributed by atoms with Crippen LogP contribution >= 0.6 is 0 Å². The maximum absolute atomic E-state index is 6.87. The number of aryl methyl sites for hydroxylation is 2. The van der Waals surface area contributed by atoms with Crippen molar-refractivity contribution in [1.29, 1.82) is 0 Å². The van der Waals surface area contributed by atoms with Crippen LogP contribution in [-0.4, -0.2) is 12.7 Å². The molecule has 0 bridgehead atoms. The molecule has 3 heterocycles. The van der Waals surface area contributed by atoms with Crippen LogP contribution in [-0.2, 0) is 10.2 Å². The molecule has 4 unspecified atom stereocenters. The Labute approximate surface area is 254 Å².